The minimum atomic E-state index is -0.871. The third-order valence-electron chi connectivity index (χ3n) is 2.43. The predicted octanol–water partition coefficient (Wildman–Crippen LogP) is 1.79. The van der Waals surface area contributed by atoms with Gasteiger partial charge in [-0.25, -0.2) is 0 Å². The number of aromatic nitrogens is 3. The van der Waals surface area contributed by atoms with Crippen LogP contribution in [0.5, 0.6) is 0 Å². The third kappa shape index (κ3) is 3.92. The summed E-state index contributed by atoms with van der Waals surface area (Å²) in [7, 11) is 0. The monoisotopic (exact) mass is 258 g/mol. The number of thioether (sulfide) groups is 1. The fraction of sp³-hybridized carbons (Fsp3) is 0.700. The van der Waals surface area contributed by atoms with Gasteiger partial charge in [-0.05, 0) is 13.3 Å². The average Bonchev–Trinajstić information content (AvgIpc) is 2.64. The summed E-state index contributed by atoms with van der Waals surface area (Å²) in [4.78, 5) is 10.5. The van der Waals surface area contributed by atoms with Gasteiger partial charge in [-0.3, -0.25) is 9.36 Å². The Hall–Kier alpha value is -1.24. The van der Waals surface area contributed by atoms with Crippen molar-refractivity contribution in [3.63, 3.8) is 0 Å². The van der Waals surface area contributed by atoms with Crippen molar-refractivity contribution in [2.24, 2.45) is 0 Å². The highest BCUT2D eigenvalue weighted by Crippen LogP contribution is 2.25. The summed E-state index contributed by atoms with van der Waals surface area (Å²) in [5.41, 5.74) is 5.75. The molecule has 1 aromatic heterocycles. The van der Waals surface area contributed by atoms with Crippen molar-refractivity contribution in [3.8, 4) is 0 Å². The van der Waals surface area contributed by atoms with Crippen molar-refractivity contribution in [2.45, 2.75) is 44.3 Å². The first-order valence-electron chi connectivity index (χ1n) is 5.61. The molecule has 1 atom stereocenters. The fourth-order valence-electron chi connectivity index (χ4n) is 1.56. The summed E-state index contributed by atoms with van der Waals surface area (Å²) in [6.07, 6.45) is 3.20. The number of carboxylic acids is 1. The van der Waals surface area contributed by atoms with Gasteiger partial charge < -0.3 is 10.8 Å². The fourth-order valence-corrected chi connectivity index (χ4v) is 2.32. The molecule has 17 heavy (non-hydrogen) atoms. The maximum absolute atomic E-state index is 10.5. The number of carboxylic acid groups (broad SMARTS) is 1. The summed E-state index contributed by atoms with van der Waals surface area (Å²) in [6, 6.07) is 0.196. The molecule has 0 aliphatic rings. The Bertz CT molecular complexity index is 380. The second-order valence-electron chi connectivity index (χ2n) is 3.88. The van der Waals surface area contributed by atoms with Crippen LogP contribution in [0.4, 0.5) is 5.95 Å². The minimum Gasteiger partial charge on any atom is -0.481 e. The number of carbonyl (C=O) groups is 1. The van der Waals surface area contributed by atoms with E-state index in [1.165, 1.54) is 0 Å². The number of unbranched alkanes of at least 4 members (excludes halogenated alkanes) is 1. The molecule has 0 radical (unpaired) electrons. The Labute approximate surface area is 105 Å². The smallest absolute Gasteiger partial charge is 0.313 e. The van der Waals surface area contributed by atoms with Crippen LogP contribution >= 0.6 is 11.8 Å². The van der Waals surface area contributed by atoms with E-state index in [0.29, 0.717) is 11.1 Å². The van der Waals surface area contributed by atoms with Crippen LogP contribution in [0.3, 0.4) is 0 Å². The molecule has 0 aromatic carbocycles. The van der Waals surface area contributed by atoms with Crippen molar-refractivity contribution in [1.29, 1.82) is 0 Å². The highest BCUT2D eigenvalue weighted by molar-refractivity contribution is 7.99. The van der Waals surface area contributed by atoms with Crippen LogP contribution in [0.2, 0.25) is 0 Å². The molecule has 0 amide bonds. The lowest BCUT2D eigenvalue weighted by Gasteiger charge is -2.15. The number of nitrogens with two attached hydrogens (primary N) is 1. The lowest BCUT2D eigenvalue weighted by atomic mass is 10.1. The largest absolute Gasteiger partial charge is 0.481 e. The SMILES string of the molecule is CCCCC(C)n1c(N)nnc1SCC(=O)O. The molecule has 0 fully saturated rings. The van der Waals surface area contributed by atoms with E-state index in [-0.39, 0.29) is 11.8 Å². The Morgan fingerprint density at radius 3 is 2.88 bits per heavy atom. The number of nitrogens with zero attached hydrogens (tertiary/aromatic N) is 3. The molecule has 3 N–H and O–H groups in total. The molecule has 1 heterocycles. The predicted molar refractivity (Wildman–Crippen MR) is 67.0 cm³/mol. The maximum atomic E-state index is 10.5. The molecule has 0 saturated carbocycles. The van der Waals surface area contributed by atoms with E-state index in [2.05, 4.69) is 17.1 Å². The van der Waals surface area contributed by atoms with Crippen molar-refractivity contribution in [1.82, 2.24) is 14.8 Å². The van der Waals surface area contributed by atoms with Gasteiger partial charge >= 0.3 is 5.97 Å². The van der Waals surface area contributed by atoms with Crippen molar-refractivity contribution in [2.75, 3.05) is 11.5 Å². The number of rotatable bonds is 7. The second-order valence-corrected chi connectivity index (χ2v) is 4.83. The van der Waals surface area contributed by atoms with E-state index in [4.69, 9.17) is 10.8 Å². The molecular formula is C10H18N4O2S. The molecule has 96 valence electrons. The van der Waals surface area contributed by atoms with Crippen molar-refractivity contribution in [3.05, 3.63) is 0 Å². The molecule has 0 bridgehead atoms. The van der Waals surface area contributed by atoms with Crippen LogP contribution in [-0.4, -0.2) is 31.6 Å². The first kappa shape index (κ1) is 13.8. The van der Waals surface area contributed by atoms with Crippen LogP contribution in [0, 0.1) is 0 Å². The minimum absolute atomic E-state index is 0.0291. The number of hydrogen-bond acceptors (Lipinski definition) is 5. The van der Waals surface area contributed by atoms with Crippen molar-refractivity contribution < 1.29 is 9.90 Å². The number of anilines is 1. The van der Waals surface area contributed by atoms with Gasteiger partial charge in [0, 0.05) is 6.04 Å². The van der Waals surface area contributed by atoms with Crippen LogP contribution in [0.15, 0.2) is 5.16 Å². The van der Waals surface area contributed by atoms with Gasteiger partial charge in [0.2, 0.25) is 5.95 Å². The standard InChI is InChI=1S/C10H18N4O2S/c1-3-4-5-7(2)14-9(11)12-13-10(14)17-6-8(15)16/h7H,3-6H2,1-2H3,(H2,11,12)(H,15,16). The Kier molecular flexibility index (Phi) is 5.27. The van der Waals surface area contributed by atoms with Crippen LogP contribution in [0.25, 0.3) is 0 Å². The maximum Gasteiger partial charge on any atom is 0.313 e. The van der Waals surface area contributed by atoms with Crippen LogP contribution in [-0.2, 0) is 4.79 Å². The van der Waals surface area contributed by atoms with Gasteiger partial charge in [0.15, 0.2) is 5.16 Å². The van der Waals surface area contributed by atoms with E-state index in [1.807, 2.05) is 11.5 Å². The van der Waals surface area contributed by atoms with E-state index in [1.54, 1.807) is 0 Å². The number of nitrogen functional groups attached to an aromatic ring is 1. The molecule has 0 aliphatic carbocycles. The van der Waals surface area contributed by atoms with Crippen LogP contribution < -0.4 is 5.73 Å². The number of aliphatic carboxylic acids is 1. The molecule has 1 aromatic rings. The Balaban J connectivity index is 2.74. The summed E-state index contributed by atoms with van der Waals surface area (Å²) in [6.45, 7) is 4.17. The van der Waals surface area contributed by atoms with E-state index in [9.17, 15) is 4.79 Å². The molecule has 1 unspecified atom stereocenters. The van der Waals surface area contributed by atoms with Gasteiger partial charge in [0.25, 0.3) is 0 Å². The quantitative estimate of drug-likeness (QED) is 0.724. The summed E-state index contributed by atoms with van der Waals surface area (Å²) in [5.74, 6) is -0.552. The molecule has 0 saturated heterocycles. The molecule has 7 heteroatoms. The van der Waals surface area contributed by atoms with E-state index >= 15 is 0 Å². The molecule has 0 aliphatic heterocycles. The molecule has 0 spiro atoms. The first-order chi connectivity index (χ1) is 8.06. The molecule has 6 nitrogen and oxygen atoms in total. The topological polar surface area (TPSA) is 94.0 Å². The van der Waals surface area contributed by atoms with Gasteiger partial charge in [-0.1, -0.05) is 31.5 Å². The van der Waals surface area contributed by atoms with Gasteiger partial charge in [0.05, 0.1) is 5.75 Å². The van der Waals surface area contributed by atoms with Crippen LogP contribution in [0.1, 0.15) is 39.2 Å². The van der Waals surface area contributed by atoms with E-state index < -0.39 is 5.97 Å². The second kappa shape index (κ2) is 6.48. The summed E-state index contributed by atoms with van der Waals surface area (Å²) < 4.78 is 1.81. The number of hydrogen-bond donors (Lipinski definition) is 2. The van der Waals surface area contributed by atoms with Gasteiger partial charge in [-0.2, -0.15) is 0 Å². The highest BCUT2D eigenvalue weighted by atomic mass is 32.2. The Morgan fingerprint density at radius 2 is 2.29 bits per heavy atom. The first-order valence-corrected chi connectivity index (χ1v) is 6.59. The highest BCUT2D eigenvalue weighted by Gasteiger charge is 2.16. The van der Waals surface area contributed by atoms with Crippen molar-refractivity contribution >= 4 is 23.7 Å². The van der Waals surface area contributed by atoms with Gasteiger partial charge in [0.1, 0.15) is 0 Å². The normalized spacial score (nSPS) is 12.6. The third-order valence-corrected chi connectivity index (χ3v) is 3.36. The summed E-state index contributed by atoms with van der Waals surface area (Å²) >= 11 is 1.15. The van der Waals surface area contributed by atoms with Gasteiger partial charge in [-0.15, -0.1) is 10.2 Å². The van der Waals surface area contributed by atoms with E-state index in [0.717, 1.165) is 31.0 Å². The molecular weight excluding hydrogens is 240 g/mol. The zero-order chi connectivity index (χ0) is 12.8. The lowest BCUT2D eigenvalue weighted by molar-refractivity contribution is -0.133. The average molecular weight is 258 g/mol. The summed E-state index contributed by atoms with van der Waals surface area (Å²) in [5, 5.41) is 16.9. The zero-order valence-corrected chi connectivity index (χ0v) is 10.9. The molecule has 1 rings (SSSR count). The Morgan fingerprint density at radius 1 is 1.59 bits per heavy atom. The zero-order valence-electron chi connectivity index (χ0n) is 10.1. The lowest BCUT2D eigenvalue weighted by Crippen LogP contribution is -2.11.